The van der Waals surface area contributed by atoms with Gasteiger partial charge in [-0.15, -0.1) is 11.8 Å². The smallest absolute Gasteiger partial charge is 0.130 e. The highest BCUT2D eigenvalue weighted by molar-refractivity contribution is 9.10. The molecule has 15 heavy (non-hydrogen) atoms. The van der Waals surface area contributed by atoms with Gasteiger partial charge in [0.25, 0.3) is 0 Å². The maximum Gasteiger partial charge on any atom is 0.130 e. The van der Waals surface area contributed by atoms with Crippen molar-refractivity contribution in [1.29, 1.82) is 0 Å². The van der Waals surface area contributed by atoms with Crippen molar-refractivity contribution in [2.45, 2.75) is 18.4 Å². The molecule has 5 heteroatoms. The van der Waals surface area contributed by atoms with Gasteiger partial charge in [-0.2, -0.15) is 0 Å². The van der Waals surface area contributed by atoms with Crippen molar-refractivity contribution in [1.82, 2.24) is 14.9 Å². The SMILES string of the molecule is CCc1nc(Br)cc(SCCN(C)C)n1. The molecule has 0 unspecified atom stereocenters. The zero-order valence-corrected chi connectivity index (χ0v) is 11.7. The monoisotopic (exact) mass is 289 g/mol. The zero-order valence-electron chi connectivity index (χ0n) is 9.33. The first-order chi connectivity index (χ1) is 7.11. The second-order valence-corrected chi connectivity index (χ2v) is 5.38. The number of rotatable bonds is 5. The summed E-state index contributed by atoms with van der Waals surface area (Å²) >= 11 is 5.17. The van der Waals surface area contributed by atoms with Crippen LogP contribution in [0, 0.1) is 0 Å². The molecule has 1 heterocycles. The Morgan fingerprint density at radius 1 is 1.40 bits per heavy atom. The van der Waals surface area contributed by atoms with Crippen LogP contribution >= 0.6 is 27.7 Å². The fourth-order valence-corrected chi connectivity index (χ4v) is 2.61. The predicted molar refractivity (Wildman–Crippen MR) is 68.4 cm³/mol. The van der Waals surface area contributed by atoms with Crippen LogP contribution in [-0.4, -0.2) is 41.3 Å². The van der Waals surface area contributed by atoms with Crippen LogP contribution in [0.15, 0.2) is 15.7 Å². The first-order valence-corrected chi connectivity index (χ1v) is 6.70. The number of hydrogen-bond donors (Lipinski definition) is 0. The van der Waals surface area contributed by atoms with Crippen molar-refractivity contribution in [2.75, 3.05) is 26.4 Å². The largest absolute Gasteiger partial charge is 0.309 e. The number of hydrogen-bond acceptors (Lipinski definition) is 4. The Morgan fingerprint density at radius 3 is 2.73 bits per heavy atom. The summed E-state index contributed by atoms with van der Waals surface area (Å²) < 4.78 is 0.877. The molecule has 84 valence electrons. The van der Waals surface area contributed by atoms with E-state index < -0.39 is 0 Å². The summed E-state index contributed by atoms with van der Waals surface area (Å²) in [4.78, 5) is 10.9. The Balaban J connectivity index is 2.56. The summed E-state index contributed by atoms with van der Waals surface area (Å²) in [5, 5.41) is 1.05. The Hall–Kier alpha value is -0.130. The normalized spacial score (nSPS) is 11.0. The van der Waals surface area contributed by atoms with Gasteiger partial charge in [-0.3, -0.25) is 0 Å². The quantitative estimate of drug-likeness (QED) is 0.615. The van der Waals surface area contributed by atoms with Gasteiger partial charge in [0.2, 0.25) is 0 Å². The van der Waals surface area contributed by atoms with Gasteiger partial charge in [0, 0.05) is 24.8 Å². The third-order valence-electron chi connectivity index (χ3n) is 1.82. The fraction of sp³-hybridized carbons (Fsp3) is 0.600. The highest BCUT2D eigenvalue weighted by Gasteiger charge is 2.02. The minimum atomic E-state index is 0.876. The van der Waals surface area contributed by atoms with Crippen LogP contribution in [0.3, 0.4) is 0 Å². The van der Waals surface area contributed by atoms with E-state index in [4.69, 9.17) is 0 Å². The van der Waals surface area contributed by atoms with Gasteiger partial charge in [0.1, 0.15) is 15.5 Å². The molecule has 0 spiro atoms. The highest BCUT2D eigenvalue weighted by atomic mass is 79.9. The molecular weight excluding hydrogens is 274 g/mol. The van der Waals surface area contributed by atoms with E-state index in [0.717, 1.165) is 34.2 Å². The van der Waals surface area contributed by atoms with E-state index in [0.29, 0.717) is 0 Å². The van der Waals surface area contributed by atoms with E-state index in [-0.39, 0.29) is 0 Å². The molecule has 3 nitrogen and oxygen atoms in total. The van der Waals surface area contributed by atoms with Crippen LogP contribution in [0.25, 0.3) is 0 Å². The number of aromatic nitrogens is 2. The van der Waals surface area contributed by atoms with Gasteiger partial charge in [-0.05, 0) is 30.0 Å². The molecular formula is C10H16BrN3S. The third-order valence-corrected chi connectivity index (χ3v) is 3.12. The van der Waals surface area contributed by atoms with Gasteiger partial charge in [-0.25, -0.2) is 9.97 Å². The maximum atomic E-state index is 4.45. The molecule has 0 aliphatic carbocycles. The van der Waals surface area contributed by atoms with E-state index >= 15 is 0 Å². The second-order valence-electron chi connectivity index (χ2n) is 3.45. The summed E-state index contributed by atoms with van der Waals surface area (Å²) in [6, 6.07) is 1.97. The molecule has 1 rings (SSSR count). The van der Waals surface area contributed by atoms with Crippen LogP contribution < -0.4 is 0 Å². The minimum absolute atomic E-state index is 0.876. The molecule has 0 aliphatic heterocycles. The lowest BCUT2D eigenvalue weighted by Gasteiger charge is -2.08. The van der Waals surface area contributed by atoms with Crippen molar-refractivity contribution >= 4 is 27.7 Å². The molecule has 0 atom stereocenters. The summed E-state index contributed by atoms with van der Waals surface area (Å²) in [5.41, 5.74) is 0. The summed E-state index contributed by atoms with van der Waals surface area (Å²) in [5.74, 6) is 1.95. The second kappa shape index (κ2) is 6.45. The molecule has 0 aliphatic rings. The van der Waals surface area contributed by atoms with Gasteiger partial charge in [-0.1, -0.05) is 6.92 Å². The van der Waals surface area contributed by atoms with E-state index in [1.807, 2.05) is 6.07 Å². The van der Waals surface area contributed by atoms with Crippen molar-refractivity contribution < 1.29 is 0 Å². The Kier molecular flexibility index (Phi) is 5.56. The van der Waals surface area contributed by atoms with E-state index in [2.05, 4.69) is 51.8 Å². The molecule has 0 saturated carbocycles. The maximum absolute atomic E-state index is 4.45. The first-order valence-electron chi connectivity index (χ1n) is 4.92. The molecule has 1 aromatic heterocycles. The summed E-state index contributed by atoms with van der Waals surface area (Å²) in [6.07, 6.45) is 0.876. The van der Waals surface area contributed by atoms with E-state index in [1.54, 1.807) is 11.8 Å². The number of thioether (sulfide) groups is 1. The van der Waals surface area contributed by atoms with Gasteiger partial charge in [0.05, 0.1) is 0 Å². The average Bonchev–Trinajstić information content (AvgIpc) is 2.16. The van der Waals surface area contributed by atoms with Gasteiger partial charge >= 0.3 is 0 Å². The van der Waals surface area contributed by atoms with Gasteiger partial charge in [0.15, 0.2) is 0 Å². The highest BCUT2D eigenvalue weighted by Crippen LogP contribution is 2.19. The van der Waals surface area contributed by atoms with Crippen LogP contribution in [0.5, 0.6) is 0 Å². The third kappa shape index (κ3) is 4.95. The van der Waals surface area contributed by atoms with E-state index in [9.17, 15) is 0 Å². The van der Waals surface area contributed by atoms with Gasteiger partial charge < -0.3 is 4.90 Å². The topological polar surface area (TPSA) is 29.0 Å². The van der Waals surface area contributed by atoms with Crippen molar-refractivity contribution in [3.8, 4) is 0 Å². The Labute approximate surface area is 104 Å². The average molecular weight is 290 g/mol. The lowest BCUT2D eigenvalue weighted by Crippen LogP contribution is -2.14. The fourth-order valence-electron chi connectivity index (χ4n) is 1.01. The number of nitrogens with zero attached hydrogens (tertiary/aromatic N) is 3. The molecule has 0 radical (unpaired) electrons. The zero-order chi connectivity index (χ0) is 11.3. The Bertz CT molecular complexity index is 318. The Morgan fingerprint density at radius 2 is 2.13 bits per heavy atom. The summed E-state index contributed by atoms with van der Waals surface area (Å²) in [7, 11) is 4.15. The van der Waals surface area contributed by atoms with Crippen molar-refractivity contribution in [3.05, 3.63) is 16.5 Å². The summed E-state index contributed by atoms with van der Waals surface area (Å²) in [6.45, 7) is 3.13. The predicted octanol–water partition coefficient (Wildman–Crippen LogP) is 2.46. The van der Waals surface area contributed by atoms with Crippen LogP contribution in [0.4, 0.5) is 0 Å². The van der Waals surface area contributed by atoms with Crippen LogP contribution in [-0.2, 0) is 6.42 Å². The van der Waals surface area contributed by atoms with Crippen molar-refractivity contribution in [2.24, 2.45) is 0 Å². The van der Waals surface area contributed by atoms with Crippen LogP contribution in [0.2, 0.25) is 0 Å². The van der Waals surface area contributed by atoms with Crippen LogP contribution in [0.1, 0.15) is 12.7 Å². The minimum Gasteiger partial charge on any atom is -0.309 e. The first kappa shape index (κ1) is 12.9. The van der Waals surface area contributed by atoms with E-state index in [1.165, 1.54) is 0 Å². The molecule has 0 aromatic carbocycles. The molecule has 0 saturated heterocycles. The molecule has 1 aromatic rings. The molecule has 0 bridgehead atoms. The lowest BCUT2D eigenvalue weighted by atomic mass is 10.4. The lowest BCUT2D eigenvalue weighted by molar-refractivity contribution is 0.437. The standard InChI is InChI=1S/C10H16BrN3S/c1-4-9-12-8(11)7-10(13-9)15-6-5-14(2)3/h7H,4-6H2,1-3H3. The molecule has 0 N–H and O–H groups in total. The number of halogens is 1. The molecule has 0 fully saturated rings. The molecule has 0 amide bonds. The number of aryl methyl sites for hydroxylation is 1. The van der Waals surface area contributed by atoms with Crippen molar-refractivity contribution in [3.63, 3.8) is 0 Å².